The fourth-order valence-electron chi connectivity index (χ4n) is 2.86. The number of nitrogens with one attached hydrogen (secondary N) is 1. The van der Waals surface area contributed by atoms with E-state index in [1.165, 1.54) is 0 Å². The van der Waals surface area contributed by atoms with Gasteiger partial charge in [-0.15, -0.1) is 0 Å². The number of carbonyl (C=O) groups is 1. The number of hydrogen-bond donors (Lipinski definition) is 1. The van der Waals surface area contributed by atoms with Crippen LogP contribution in [0.4, 0.5) is 0 Å². The lowest BCUT2D eigenvalue weighted by Gasteiger charge is -2.24. The standard InChI is InChI=1S/C16H23N5O2/c1-11-4-6-14(23-11)10-20(3)16(22)8-17-13-5-7-15-18-12(2)19-21(15)9-13/h4,6,13,17H,5,7-10H2,1-3H3. The molecule has 0 spiro atoms. The zero-order valence-corrected chi connectivity index (χ0v) is 13.9. The maximum Gasteiger partial charge on any atom is 0.236 e. The van der Waals surface area contributed by atoms with Gasteiger partial charge < -0.3 is 14.6 Å². The Morgan fingerprint density at radius 3 is 3.04 bits per heavy atom. The van der Waals surface area contributed by atoms with Crippen molar-refractivity contribution in [3.05, 3.63) is 35.3 Å². The van der Waals surface area contributed by atoms with Crippen LogP contribution in [0.5, 0.6) is 0 Å². The molecule has 0 radical (unpaired) electrons. The lowest BCUT2D eigenvalue weighted by atomic mass is 10.1. The Hall–Kier alpha value is -2.15. The molecule has 0 fully saturated rings. The molecule has 0 bridgehead atoms. The van der Waals surface area contributed by atoms with Crippen LogP contribution in [-0.2, 0) is 24.3 Å². The van der Waals surface area contributed by atoms with Crippen LogP contribution in [-0.4, -0.2) is 45.2 Å². The first-order valence-electron chi connectivity index (χ1n) is 7.94. The van der Waals surface area contributed by atoms with Crippen molar-refractivity contribution in [3.63, 3.8) is 0 Å². The molecular formula is C16H23N5O2. The first kappa shape index (κ1) is 15.7. The molecule has 3 heterocycles. The minimum Gasteiger partial charge on any atom is -0.464 e. The molecule has 1 N–H and O–H groups in total. The van der Waals surface area contributed by atoms with Gasteiger partial charge in [-0.1, -0.05) is 0 Å². The predicted molar refractivity (Wildman–Crippen MR) is 84.8 cm³/mol. The summed E-state index contributed by atoms with van der Waals surface area (Å²) < 4.78 is 7.45. The van der Waals surface area contributed by atoms with Gasteiger partial charge in [0.25, 0.3) is 0 Å². The average Bonchev–Trinajstić information content (AvgIpc) is 3.08. The van der Waals surface area contributed by atoms with Crippen molar-refractivity contribution in [3.8, 4) is 0 Å². The summed E-state index contributed by atoms with van der Waals surface area (Å²) in [6, 6.07) is 4.07. The quantitative estimate of drug-likeness (QED) is 0.892. The van der Waals surface area contributed by atoms with Crippen molar-refractivity contribution < 1.29 is 9.21 Å². The normalized spacial score (nSPS) is 17.1. The molecule has 0 saturated carbocycles. The monoisotopic (exact) mass is 317 g/mol. The summed E-state index contributed by atoms with van der Waals surface area (Å²) in [5.74, 6) is 3.57. The van der Waals surface area contributed by atoms with Crippen molar-refractivity contribution in [2.24, 2.45) is 0 Å². The molecule has 0 saturated heterocycles. The van der Waals surface area contributed by atoms with Gasteiger partial charge in [-0.05, 0) is 32.4 Å². The van der Waals surface area contributed by atoms with Gasteiger partial charge in [0.1, 0.15) is 23.2 Å². The minimum atomic E-state index is 0.0552. The number of likely N-dealkylation sites (N-methyl/N-ethyl adjacent to an activating group) is 1. The highest BCUT2D eigenvalue weighted by atomic mass is 16.3. The van der Waals surface area contributed by atoms with Crippen molar-refractivity contribution in [1.29, 1.82) is 0 Å². The molecule has 1 unspecified atom stereocenters. The van der Waals surface area contributed by atoms with Gasteiger partial charge in [-0.2, -0.15) is 5.10 Å². The second-order valence-electron chi connectivity index (χ2n) is 6.14. The second-order valence-corrected chi connectivity index (χ2v) is 6.14. The van der Waals surface area contributed by atoms with E-state index in [2.05, 4.69) is 15.4 Å². The van der Waals surface area contributed by atoms with Gasteiger partial charge in [-0.3, -0.25) is 4.79 Å². The summed E-state index contributed by atoms with van der Waals surface area (Å²) >= 11 is 0. The highest BCUT2D eigenvalue weighted by Gasteiger charge is 2.21. The summed E-state index contributed by atoms with van der Waals surface area (Å²) in [6.07, 6.45) is 1.88. The molecule has 1 aliphatic heterocycles. The number of hydrogen-bond acceptors (Lipinski definition) is 5. The van der Waals surface area contributed by atoms with Crippen molar-refractivity contribution >= 4 is 5.91 Å². The molecule has 1 atom stereocenters. The third kappa shape index (κ3) is 3.79. The predicted octanol–water partition coefficient (Wildman–Crippen LogP) is 1.05. The Bertz CT molecular complexity index is 690. The summed E-state index contributed by atoms with van der Waals surface area (Å²) in [7, 11) is 1.79. The smallest absolute Gasteiger partial charge is 0.236 e. The number of nitrogens with zero attached hydrogens (tertiary/aromatic N) is 4. The maximum absolute atomic E-state index is 12.2. The second kappa shape index (κ2) is 6.54. The van der Waals surface area contributed by atoms with E-state index in [0.29, 0.717) is 13.1 Å². The molecule has 1 aliphatic rings. The van der Waals surface area contributed by atoms with Gasteiger partial charge in [0.15, 0.2) is 0 Å². The number of amides is 1. The number of furan rings is 1. The van der Waals surface area contributed by atoms with Crippen LogP contribution in [0.15, 0.2) is 16.5 Å². The summed E-state index contributed by atoms with van der Waals surface area (Å²) in [5.41, 5.74) is 0. The van der Waals surface area contributed by atoms with Gasteiger partial charge >= 0.3 is 0 Å². The van der Waals surface area contributed by atoms with Gasteiger partial charge in [0, 0.05) is 19.5 Å². The molecule has 124 valence electrons. The minimum absolute atomic E-state index is 0.0552. The third-order valence-electron chi connectivity index (χ3n) is 4.12. The van der Waals surface area contributed by atoms with Gasteiger partial charge in [0.2, 0.25) is 5.91 Å². The van der Waals surface area contributed by atoms with E-state index >= 15 is 0 Å². The number of aromatic nitrogens is 3. The highest BCUT2D eigenvalue weighted by Crippen LogP contribution is 2.13. The topological polar surface area (TPSA) is 76.2 Å². The number of fused-ring (bicyclic) bond motifs is 1. The molecule has 2 aromatic heterocycles. The van der Waals surface area contributed by atoms with Crippen molar-refractivity contribution in [2.75, 3.05) is 13.6 Å². The molecular weight excluding hydrogens is 294 g/mol. The first-order chi connectivity index (χ1) is 11.0. The Morgan fingerprint density at radius 2 is 2.30 bits per heavy atom. The summed E-state index contributed by atoms with van der Waals surface area (Å²) in [4.78, 5) is 18.3. The van der Waals surface area contributed by atoms with Crippen molar-refractivity contribution in [1.82, 2.24) is 25.0 Å². The lowest BCUT2D eigenvalue weighted by molar-refractivity contribution is -0.129. The zero-order chi connectivity index (χ0) is 16.4. The fraction of sp³-hybridized carbons (Fsp3) is 0.562. The van der Waals surface area contributed by atoms with E-state index in [1.54, 1.807) is 11.9 Å². The number of rotatable bonds is 5. The van der Waals surface area contributed by atoms with E-state index in [4.69, 9.17) is 4.42 Å². The Labute approximate surface area is 135 Å². The third-order valence-corrected chi connectivity index (χ3v) is 4.12. The maximum atomic E-state index is 12.2. The summed E-state index contributed by atoms with van der Waals surface area (Å²) in [5, 5.41) is 7.71. The van der Waals surface area contributed by atoms with Crippen LogP contribution < -0.4 is 5.32 Å². The zero-order valence-electron chi connectivity index (χ0n) is 13.9. The van der Waals surface area contributed by atoms with Crippen LogP contribution in [0, 0.1) is 13.8 Å². The van der Waals surface area contributed by atoms with Crippen LogP contribution in [0.3, 0.4) is 0 Å². The lowest BCUT2D eigenvalue weighted by Crippen LogP contribution is -2.43. The molecule has 23 heavy (non-hydrogen) atoms. The van der Waals surface area contributed by atoms with Crippen LogP contribution in [0.25, 0.3) is 0 Å². The first-order valence-corrected chi connectivity index (χ1v) is 7.94. The van der Waals surface area contributed by atoms with Gasteiger partial charge in [-0.25, -0.2) is 9.67 Å². The van der Waals surface area contributed by atoms with E-state index in [1.807, 2.05) is 30.7 Å². The van der Waals surface area contributed by atoms with Crippen molar-refractivity contribution in [2.45, 2.75) is 45.8 Å². The van der Waals surface area contributed by atoms with E-state index in [-0.39, 0.29) is 11.9 Å². The number of carbonyl (C=O) groups excluding carboxylic acids is 1. The Balaban J connectivity index is 1.47. The van der Waals surface area contributed by atoms with Crippen LogP contribution >= 0.6 is 0 Å². The number of aryl methyl sites for hydroxylation is 3. The SMILES string of the molecule is Cc1nc2n(n1)CC(NCC(=O)N(C)Cc1ccc(C)o1)CC2. The largest absolute Gasteiger partial charge is 0.464 e. The van der Waals surface area contributed by atoms with Gasteiger partial charge in [0.05, 0.1) is 19.6 Å². The Morgan fingerprint density at radius 1 is 1.48 bits per heavy atom. The van der Waals surface area contributed by atoms with E-state index in [9.17, 15) is 4.79 Å². The van der Waals surface area contributed by atoms with E-state index in [0.717, 1.165) is 42.6 Å². The molecule has 7 nitrogen and oxygen atoms in total. The molecule has 1 amide bonds. The average molecular weight is 317 g/mol. The fourth-order valence-corrected chi connectivity index (χ4v) is 2.86. The molecule has 3 rings (SSSR count). The molecule has 0 aliphatic carbocycles. The molecule has 7 heteroatoms. The van der Waals surface area contributed by atoms with Crippen LogP contribution in [0.1, 0.15) is 29.6 Å². The molecule has 2 aromatic rings. The highest BCUT2D eigenvalue weighted by molar-refractivity contribution is 5.77. The Kier molecular flexibility index (Phi) is 4.47. The molecule has 0 aromatic carbocycles. The summed E-state index contributed by atoms with van der Waals surface area (Å²) in [6.45, 7) is 5.39. The van der Waals surface area contributed by atoms with E-state index < -0.39 is 0 Å². The van der Waals surface area contributed by atoms with Crippen LogP contribution in [0.2, 0.25) is 0 Å².